The summed E-state index contributed by atoms with van der Waals surface area (Å²) in [7, 11) is 0. The van der Waals surface area contributed by atoms with Gasteiger partial charge in [-0.05, 0) is 43.5 Å². The van der Waals surface area contributed by atoms with Crippen molar-refractivity contribution in [3.63, 3.8) is 0 Å². The SMILES string of the molecule is Nc1c(-c2ccc(Nc3nc(C(F)(F)F)cs3)cc2)n(C2CCC2)c2cc(OC3CCOCC3)ccc12. The van der Waals surface area contributed by atoms with Gasteiger partial charge in [0.1, 0.15) is 11.9 Å². The molecule has 3 heterocycles. The van der Waals surface area contributed by atoms with Crippen molar-refractivity contribution in [2.75, 3.05) is 24.3 Å². The molecule has 1 saturated carbocycles. The molecule has 3 N–H and O–H groups in total. The zero-order valence-corrected chi connectivity index (χ0v) is 20.9. The minimum Gasteiger partial charge on any atom is -0.490 e. The highest BCUT2D eigenvalue weighted by molar-refractivity contribution is 7.13. The molecule has 2 fully saturated rings. The van der Waals surface area contributed by atoms with Gasteiger partial charge in [0, 0.05) is 47.0 Å². The normalized spacial score (nSPS) is 17.2. The first-order chi connectivity index (χ1) is 17.9. The predicted molar refractivity (Wildman–Crippen MR) is 140 cm³/mol. The van der Waals surface area contributed by atoms with Crippen molar-refractivity contribution < 1.29 is 22.6 Å². The lowest BCUT2D eigenvalue weighted by Crippen LogP contribution is -2.25. The van der Waals surface area contributed by atoms with Crippen molar-refractivity contribution in [3.05, 3.63) is 53.5 Å². The highest BCUT2D eigenvalue weighted by Crippen LogP contribution is 2.45. The second-order valence-corrected chi connectivity index (χ2v) is 10.4. The summed E-state index contributed by atoms with van der Waals surface area (Å²) >= 11 is 0.923. The van der Waals surface area contributed by atoms with E-state index in [4.69, 9.17) is 15.2 Å². The van der Waals surface area contributed by atoms with Gasteiger partial charge >= 0.3 is 6.18 Å². The molecule has 1 saturated heterocycles. The molecule has 6 rings (SSSR count). The third-order valence-corrected chi connectivity index (χ3v) is 7.89. The first-order valence-electron chi connectivity index (χ1n) is 12.4. The quantitative estimate of drug-likeness (QED) is 0.273. The van der Waals surface area contributed by atoms with Crippen molar-refractivity contribution in [2.24, 2.45) is 0 Å². The van der Waals surface area contributed by atoms with Gasteiger partial charge in [0.05, 0.1) is 30.1 Å². The Morgan fingerprint density at radius 2 is 1.81 bits per heavy atom. The molecule has 2 aliphatic rings. The Morgan fingerprint density at radius 1 is 1.05 bits per heavy atom. The fraction of sp³-hybridized carbons (Fsp3) is 0.370. The summed E-state index contributed by atoms with van der Waals surface area (Å²) in [4.78, 5) is 3.65. The Bertz CT molecular complexity index is 1400. The number of hydrogen-bond acceptors (Lipinski definition) is 6. The number of fused-ring (bicyclic) bond motifs is 1. The van der Waals surface area contributed by atoms with E-state index in [0.717, 1.165) is 89.2 Å². The number of nitrogen functional groups attached to an aromatic ring is 1. The van der Waals surface area contributed by atoms with E-state index in [1.807, 2.05) is 36.4 Å². The van der Waals surface area contributed by atoms with Crippen LogP contribution in [0, 0.1) is 0 Å². The third kappa shape index (κ3) is 4.75. The average Bonchev–Trinajstić information content (AvgIpc) is 3.43. The number of anilines is 3. The van der Waals surface area contributed by atoms with E-state index in [2.05, 4.69) is 20.9 Å². The number of nitrogens with two attached hydrogens (primary N) is 1. The van der Waals surface area contributed by atoms with E-state index in [1.165, 1.54) is 6.42 Å². The largest absolute Gasteiger partial charge is 0.490 e. The fourth-order valence-electron chi connectivity index (χ4n) is 4.99. The van der Waals surface area contributed by atoms with Crippen LogP contribution >= 0.6 is 11.3 Å². The zero-order chi connectivity index (χ0) is 25.6. The van der Waals surface area contributed by atoms with Crippen LogP contribution in [0.15, 0.2) is 47.8 Å². The topological polar surface area (TPSA) is 74.3 Å². The maximum absolute atomic E-state index is 12.9. The molecular formula is C27H27F3N4O2S. The van der Waals surface area contributed by atoms with E-state index in [-0.39, 0.29) is 11.2 Å². The molecule has 10 heteroatoms. The minimum absolute atomic E-state index is 0.153. The van der Waals surface area contributed by atoms with E-state index >= 15 is 0 Å². The van der Waals surface area contributed by atoms with Crippen molar-refractivity contribution >= 4 is 38.7 Å². The van der Waals surface area contributed by atoms with Gasteiger partial charge in [-0.3, -0.25) is 0 Å². The highest BCUT2D eigenvalue weighted by Gasteiger charge is 2.34. The van der Waals surface area contributed by atoms with Gasteiger partial charge in [-0.25, -0.2) is 4.98 Å². The first kappa shape index (κ1) is 24.1. The van der Waals surface area contributed by atoms with Crippen molar-refractivity contribution in [2.45, 2.75) is 50.4 Å². The molecule has 1 aliphatic carbocycles. The maximum atomic E-state index is 12.9. The molecule has 37 heavy (non-hydrogen) atoms. The van der Waals surface area contributed by atoms with E-state index in [1.54, 1.807) is 0 Å². The number of thiazole rings is 1. The number of nitrogens with zero attached hydrogens (tertiary/aromatic N) is 2. The van der Waals surface area contributed by atoms with Crippen LogP contribution < -0.4 is 15.8 Å². The fourth-order valence-corrected chi connectivity index (χ4v) is 5.73. The average molecular weight is 529 g/mol. The van der Waals surface area contributed by atoms with Gasteiger partial charge in [0.2, 0.25) is 0 Å². The molecule has 4 aromatic rings. The van der Waals surface area contributed by atoms with E-state index < -0.39 is 11.9 Å². The Balaban J connectivity index is 1.31. The monoisotopic (exact) mass is 528 g/mol. The molecule has 0 atom stereocenters. The second kappa shape index (κ2) is 9.57. The molecule has 2 aromatic carbocycles. The van der Waals surface area contributed by atoms with Gasteiger partial charge in [-0.1, -0.05) is 12.1 Å². The van der Waals surface area contributed by atoms with Crippen LogP contribution in [0.5, 0.6) is 5.75 Å². The molecule has 0 radical (unpaired) electrons. The third-order valence-electron chi connectivity index (χ3n) is 7.13. The Labute approximate surface area is 216 Å². The van der Waals surface area contributed by atoms with Crippen LogP contribution in [-0.4, -0.2) is 28.9 Å². The number of nitrogens with one attached hydrogen (secondary N) is 1. The van der Waals surface area contributed by atoms with Crippen LogP contribution in [0.1, 0.15) is 43.8 Å². The first-order valence-corrected chi connectivity index (χ1v) is 13.3. The lowest BCUT2D eigenvalue weighted by molar-refractivity contribution is -0.140. The molecular weight excluding hydrogens is 501 g/mol. The van der Waals surface area contributed by atoms with Crippen LogP contribution in [0.3, 0.4) is 0 Å². The highest BCUT2D eigenvalue weighted by atomic mass is 32.1. The summed E-state index contributed by atoms with van der Waals surface area (Å²) in [6.07, 6.45) is 0.822. The Morgan fingerprint density at radius 3 is 2.46 bits per heavy atom. The number of ether oxygens (including phenoxy) is 2. The minimum atomic E-state index is -4.46. The van der Waals surface area contributed by atoms with Crippen LogP contribution in [0.25, 0.3) is 22.2 Å². The van der Waals surface area contributed by atoms with Gasteiger partial charge < -0.3 is 25.1 Å². The lowest BCUT2D eigenvalue weighted by Gasteiger charge is -2.30. The maximum Gasteiger partial charge on any atom is 0.434 e. The summed E-state index contributed by atoms with van der Waals surface area (Å²) < 4.78 is 52.7. The van der Waals surface area contributed by atoms with E-state index in [9.17, 15) is 13.2 Å². The van der Waals surface area contributed by atoms with Crippen molar-refractivity contribution in [3.8, 4) is 17.0 Å². The number of alkyl halides is 3. The molecule has 0 unspecified atom stereocenters. The number of halogens is 3. The standard InChI is InChI=1S/C27H27F3N4O2S/c28-27(29,30)23-15-37-26(33-23)32-17-6-4-16(5-7-17)25-24(31)21-9-8-20(36-19-10-12-35-13-11-19)14-22(21)34(25)18-2-1-3-18/h4-9,14-15,18-19H,1-3,10-13,31H2,(H,32,33). The van der Waals surface area contributed by atoms with E-state index in [0.29, 0.717) is 11.7 Å². The number of rotatable bonds is 6. The number of benzene rings is 2. The van der Waals surface area contributed by atoms with Gasteiger partial charge in [-0.2, -0.15) is 13.2 Å². The smallest absolute Gasteiger partial charge is 0.434 e. The van der Waals surface area contributed by atoms with Gasteiger partial charge in [0.25, 0.3) is 0 Å². The summed E-state index contributed by atoms with van der Waals surface area (Å²) in [5.41, 5.74) is 10.2. The Hall–Kier alpha value is -3.24. The molecule has 194 valence electrons. The second-order valence-electron chi connectivity index (χ2n) is 9.56. The summed E-state index contributed by atoms with van der Waals surface area (Å²) in [5.74, 6) is 0.838. The number of aromatic nitrogens is 2. The molecule has 0 spiro atoms. The Kier molecular flexibility index (Phi) is 6.24. The zero-order valence-electron chi connectivity index (χ0n) is 20.1. The molecule has 1 aliphatic heterocycles. The van der Waals surface area contributed by atoms with Crippen molar-refractivity contribution in [1.82, 2.24) is 9.55 Å². The molecule has 2 aromatic heterocycles. The molecule has 6 nitrogen and oxygen atoms in total. The number of hydrogen-bond donors (Lipinski definition) is 2. The molecule has 0 amide bonds. The van der Waals surface area contributed by atoms with Crippen molar-refractivity contribution in [1.29, 1.82) is 0 Å². The summed E-state index contributed by atoms with van der Waals surface area (Å²) in [5, 5.41) is 5.16. The summed E-state index contributed by atoms with van der Waals surface area (Å²) in [6.45, 7) is 1.44. The molecule has 0 bridgehead atoms. The summed E-state index contributed by atoms with van der Waals surface area (Å²) in [6, 6.07) is 14.0. The van der Waals surface area contributed by atoms with Gasteiger partial charge in [0.15, 0.2) is 10.8 Å². The van der Waals surface area contributed by atoms with Crippen LogP contribution in [0.4, 0.5) is 29.7 Å². The predicted octanol–water partition coefficient (Wildman–Crippen LogP) is 7.39. The van der Waals surface area contributed by atoms with Gasteiger partial charge in [-0.15, -0.1) is 11.3 Å². The van der Waals surface area contributed by atoms with Crippen LogP contribution in [-0.2, 0) is 10.9 Å². The lowest BCUT2D eigenvalue weighted by atomic mass is 9.92. The van der Waals surface area contributed by atoms with Crippen LogP contribution in [0.2, 0.25) is 0 Å².